The summed E-state index contributed by atoms with van der Waals surface area (Å²) in [6.45, 7) is 20.1. The first-order valence-corrected chi connectivity index (χ1v) is 8.67. The molecule has 3 rings (SSSR count). The first-order valence-electron chi connectivity index (χ1n) is 8.67. The smallest absolute Gasteiger partial charge is 0.0569 e. The second kappa shape index (κ2) is 5.80. The highest BCUT2D eigenvalue weighted by Crippen LogP contribution is 2.38. The predicted molar refractivity (Wildman–Crippen MR) is 86.7 cm³/mol. The van der Waals surface area contributed by atoms with E-state index < -0.39 is 0 Å². The molecule has 0 aliphatic carbocycles. The third-order valence-corrected chi connectivity index (χ3v) is 5.70. The highest BCUT2D eigenvalue weighted by Gasteiger charge is 2.49. The number of nitrogens with zero attached hydrogens (tertiary/aromatic N) is 3. The lowest BCUT2D eigenvalue weighted by atomic mass is 9.77. The molecule has 3 saturated heterocycles. The van der Waals surface area contributed by atoms with Gasteiger partial charge >= 0.3 is 0 Å². The number of likely N-dealkylation sites (tertiary alicyclic amines) is 1. The van der Waals surface area contributed by atoms with Crippen molar-refractivity contribution in [2.45, 2.75) is 45.7 Å². The highest BCUT2D eigenvalue weighted by atomic mass is 16.5. The topological polar surface area (TPSA) is 19.0 Å². The number of ether oxygens (including phenoxy) is 1. The molecule has 4 nitrogen and oxygen atoms in total. The monoisotopic (exact) mass is 295 g/mol. The van der Waals surface area contributed by atoms with Gasteiger partial charge in [-0.2, -0.15) is 0 Å². The van der Waals surface area contributed by atoms with Gasteiger partial charge in [0.25, 0.3) is 0 Å². The average molecular weight is 295 g/mol. The minimum absolute atomic E-state index is 0.330. The van der Waals surface area contributed by atoms with Crippen LogP contribution in [-0.2, 0) is 4.74 Å². The van der Waals surface area contributed by atoms with Crippen LogP contribution in [-0.4, -0.2) is 85.3 Å². The molecule has 1 unspecified atom stereocenters. The zero-order chi connectivity index (χ0) is 15.1. The van der Waals surface area contributed by atoms with E-state index in [-0.39, 0.29) is 0 Å². The molecule has 21 heavy (non-hydrogen) atoms. The van der Waals surface area contributed by atoms with Crippen LogP contribution in [0.4, 0.5) is 0 Å². The molecule has 0 saturated carbocycles. The predicted octanol–water partition coefficient (Wildman–Crippen LogP) is 1.51. The molecule has 3 aliphatic heterocycles. The van der Waals surface area contributed by atoms with Gasteiger partial charge in [0.2, 0.25) is 0 Å². The van der Waals surface area contributed by atoms with Crippen molar-refractivity contribution < 1.29 is 4.74 Å². The Morgan fingerprint density at radius 1 is 1.05 bits per heavy atom. The summed E-state index contributed by atoms with van der Waals surface area (Å²) in [5.41, 5.74) is 0.892. The fourth-order valence-electron chi connectivity index (χ4n) is 3.89. The maximum absolute atomic E-state index is 5.36. The van der Waals surface area contributed by atoms with E-state index in [4.69, 9.17) is 4.74 Å². The van der Waals surface area contributed by atoms with Crippen molar-refractivity contribution in [3.8, 4) is 0 Å². The molecule has 0 aromatic rings. The first-order chi connectivity index (χ1) is 9.88. The van der Waals surface area contributed by atoms with E-state index >= 15 is 0 Å². The Morgan fingerprint density at radius 3 is 2.14 bits per heavy atom. The normalized spacial score (nSPS) is 29.1. The second-order valence-electron chi connectivity index (χ2n) is 8.53. The SMILES string of the molecule is CC(CCN1CCN(C(C)(C)C)CC1)N1CC2(COC2)C1. The van der Waals surface area contributed by atoms with Crippen LogP contribution in [0.15, 0.2) is 0 Å². The van der Waals surface area contributed by atoms with Crippen LogP contribution in [0.5, 0.6) is 0 Å². The van der Waals surface area contributed by atoms with Crippen LogP contribution in [0, 0.1) is 5.41 Å². The van der Waals surface area contributed by atoms with Crippen molar-refractivity contribution >= 4 is 0 Å². The van der Waals surface area contributed by atoms with E-state index in [0.717, 1.165) is 19.3 Å². The quantitative estimate of drug-likeness (QED) is 0.782. The molecule has 0 bridgehead atoms. The Labute approximate surface area is 130 Å². The summed E-state index contributed by atoms with van der Waals surface area (Å²) in [4.78, 5) is 7.91. The number of rotatable bonds is 4. The summed E-state index contributed by atoms with van der Waals surface area (Å²) in [5.74, 6) is 0. The Balaban J connectivity index is 1.33. The zero-order valence-electron chi connectivity index (χ0n) is 14.4. The van der Waals surface area contributed by atoms with Gasteiger partial charge in [-0.15, -0.1) is 0 Å². The molecular formula is C17H33N3O. The third kappa shape index (κ3) is 3.44. The molecule has 3 fully saturated rings. The molecule has 0 amide bonds. The third-order valence-electron chi connectivity index (χ3n) is 5.70. The second-order valence-corrected chi connectivity index (χ2v) is 8.53. The Hall–Kier alpha value is -0.160. The van der Waals surface area contributed by atoms with E-state index in [9.17, 15) is 0 Å². The molecular weight excluding hydrogens is 262 g/mol. The molecule has 0 aromatic carbocycles. The molecule has 0 radical (unpaired) electrons. The largest absolute Gasteiger partial charge is 0.380 e. The van der Waals surface area contributed by atoms with Crippen molar-refractivity contribution in [3.63, 3.8) is 0 Å². The fraction of sp³-hybridized carbons (Fsp3) is 1.00. The van der Waals surface area contributed by atoms with Crippen molar-refractivity contribution in [2.24, 2.45) is 5.41 Å². The van der Waals surface area contributed by atoms with Crippen LogP contribution >= 0.6 is 0 Å². The lowest BCUT2D eigenvalue weighted by molar-refractivity contribution is -0.197. The summed E-state index contributed by atoms with van der Waals surface area (Å²) in [6, 6.07) is 0.733. The van der Waals surface area contributed by atoms with E-state index in [1.54, 1.807) is 0 Å². The molecule has 0 aromatic heterocycles. The maximum Gasteiger partial charge on any atom is 0.0569 e. The molecule has 0 N–H and O–H groups in total. The van der Waals surface area contributed by atoms with E-state index in [1.165, 1.54) is 52.2 Å². The Kier molecular flexibility index (Phi) is 4.34. The first kappa shape index (κ1) is 15.7. The van der Waals surface area contributed by atoms with Gasteiger partial charge in [-0.25, -0.2) is 0 Å². The maximum atomic E-state index is 5.36. The van der Waals surface area contributed by atoms with Crippen LogP contribution in [0.1, 0.15) is 34.1 Å². The van der Waals surface area contributed by atoms with Gasteiger partial charge in [-0.3, -0.25) is 9.80 Å². The Bertz CT molecular complexity index is 346. The zero-order valence-corrected chi connectivity index (χ0v) is 14.4. The van der Waals surface area contributed by atoms with Gasteiger partial charge in [0.1, 0.15) is 0 Å². The molecule has 3 aliphatic rings. The van der Waals surface area contributed by atoms with E-state index in [0.29, 0.717) is 11.0 Å². The Morgan fingerprint density at radius 2 is 1.67 bits per heavy atom. The van der Waals surface area contributed by atoms with Gasteiger partial charge in [-0.05, 0) is 40.7 Å². The summed E-state index contributed by atoms with van der Waals surface area (Å²) < 4.78 is 5.36. The van der Waals surface area contributed by atoms with Crippen molar-refractivity contribution in [2.75, 3.05) is 59.0 Å². The minimum atomic E-state index is 0.330. The van der Waals surface area contributed by atoms with E-state index in [1.807, 2.05) is 0 Å². The minimum Gasteiger partial charge on any atom is -0.380 e. The molecule has 3 heterocycles. The van der Waals surface area contributed by atoms with E-state index in [2.05, 4.69) is 42.4 Å². The van der Waals surface area contributed by atoms with Crippen molar-refractivity contribution in [3.05, 3.63) is 0 Å². The number of piperazine rings is 1. The molecule has 122 valence electrons. The summed E-state index contributed by atoms with van der Waals surface area (Å²) in [5, 5.41) is 0. The summed E-state index contributed by atoms with van der Waals surface area (Å²) >= 11 is 0. The lowest BCUT2D eigenvalue weighted by Crippen LogP contribution is -2.67. The standard InChI is InChI=1S/C17H33N3O/c1-15(19-11-17(12-19)13-21-14-17)5-6-18-7-9-20(10-8-18)16(2,3)4/h15H,5-14H2,1-4H3. The highest BCUT2D eigenvalue weighted by molar-refractivity contribution is 5.00. The van der Waals surface area contributed by atoms with Gasteiger partial charge < -0.3 is 9.64 Å². The summed E-state index contributed by atoms with van der Waals surface area (Å²) in [7, 11) is 0. The summed E-state index contributed by atoms with van der Waals surface area (Å²) in [6.07, 6.45) is 1.31. The fourth-order valence-corrected chi connectivity index (χ4v) is 3.89. The van der Waals surface area contributed by atoms with Crippen LogP contribution in [0.2, 0.25) is 0 Å². The van der Waals surface area contributed by atoms with Crippen LogP contribution < -0.4 is 0 Å². The van der Waals surface area contributed by atoms with Crippen molar-refractivity contribution in [1.29, 1.82) is 0 Å². The van der Waals surface area contributed by atoms with Crippen molar-refractivity contribution in [1.82, 2.24) is 14.7 Å². The van der Waals surface area contributed by atoms with Gasteiger partial charge in [0, 0.05) is 56.3 Å². The number of hydrogen-bond acceptors (Lipinski definition) is 4. The number of hydrogen-bond donors (Lipinski definition) is 0. The lowest BCUT2D eigenvalue weighted by Gasteiger charge is -2.57. The van der Waals surface area contributed by atoms with Gasteiger partial charge in [-0.1, -0.05) is 0 Å². The van der Waals surface area contributed by atoms with Crippen LogP contribution in [0.25, 0.3) is 0 Å². The molecule has 1 spiro atoms. The average Bonchev–Trinajstić information content (AvgIpc) is 2.32. The molecule has 1 atom stereocenters. The van der Waals surface area contributed by atoms with Gasteiger partial charge in [0.05, 0.1) is 13.2 Å². The van der Waals surface area contributed by atoms with Crippen LogP contribution in [0.3, 0.4) is 0 Å². The molecule has 4 heteroatoms. The van der Waals surface area contributed by atoms with Gasteiger partial charge in [0.15, 0.2) is 0 Å².